The molecule has 0 aromatic carbocycles. The molecule has 1 aromatic heterocycles. The lowest BCUT2D eigenvalue weighted by atomic mass is 10.1. The maximum atomic E-state index is 13.1. The van der Waals surface area contributed by atoms with Gasteiger partial charge in [0.15, 0.2) is 11.6 Å². The van der Waals surface area contributed by atoms with Crippen LogP contribution in [0.1, 0.15) is 19.6 Å². The lowest BCUT2D eigenvalue weighted by Crippen LogP contribution is -2.50. The minimum absolute atomic E-state index is 0.0640. The molecule has 2 amide bonds. The first-order valence-electron chi connectivity index (χ1n) is 11.6. The normalized spacial score (nSPS) is 23.4. The van der Waals surface area contributed by atoms with E-state index in [1.807, 2.05) is 24.9 Å². The summed E-state index contributed by atoms with van der Waals surface area (Å²) in [4.78, 5) is 40.7. The summed E-state index contributed by atoms with van der Waals surface area (Å²) in [6.07, 6.45) is 2.56. The molecule has 2 fully saturated rings. The molecule has 2 saturated heterocycles. The van der Waals surface area contributed by atoms with Crippen LogP contribution in [0, 0.1) is 5.92 Å². The predicted molar refractivity (Wildman–Crippen MR) is 126 cm³/mol. The summed E-state index contributed by atoms with van der Waals surface area (Å²) in [7, 11) is 1.73. The van der Waals surface area contributed by atoms with Crippen LogP contribution in [0.2, 0.25) is 0 Å². The topological polar surface area (TPSA) is 117 Å². The van der Waals surface area contributed by atoms with E-state index in [1.54, 1.807) is 29.3 Å². The minimum atomic E-state index is -0.523. The molecule has 12 nitrogen and oxygen atoms in total. The van der Waals surface area contributed by atoms with Gasteiger partial charge in [-0.1, -0.05) is 13.8 Å². The van der Waals surface area contributed by atoms with Crippen LogP contribution in [0.4, 0.5) is 4.79 Å². The van der Waals surface area contributed by atoms with Crippen molar-refractivity contribution < 1.29 is 14.0 Å². The number of carbonyl (C=O) groups excluding carboxylic acids is 2. The average molecular weight is 470 g/mol. The first-order chi connectivity index (χ1) is 16.3. The molecule has 1 atom stereocenters. The van der Waals surface area contributed by atoms with Gasteiger partial charge in [-0.25, -0.2) is 35.6 Å². The van der Waals surface area contributed by atoms with E-state index >= 15 is 0 Å². The van der Waals surface area contributed by atoms with Gasteiger partial charge >= 0.3 is 6.03 Å². The molecule has 1 aromatic rings. The van der Waals surface area contributed by atoms with Crippen molar-refractivity contribution in [3.8, 4) is 0 Å². The van der Waals surface area contributed by atoms with Crippen molar-refractivity contribution in [3.05, 3.63) is 29.9 Å². The molecule has 34 heavy (non-hydrogen) atoms. The largest absolute Gasteiger partial charge is 0.463 e. The van der Waals surface area contributed by atoms with Gasteiger partial charge in [-0.3, -0.25) is 19.5 Å². The van der Waals surface area contributed by atoms with E-state index in [0.717, 1.165) is 32.7 Å². The van der Waals surface area contributed by atoms with E-state index in [4.69, 9.17) is 15.3 Å². The molecular weight excluding hydrogens is 438 g/mol. The third-order valence-corrected chi connectivity index (χ3v) is 6.70. The van der Waals surface area contributed by atoms with Gasteiger partial charge in [0.25, 0.3) is 0 Å². The summed E-state index contributed by atoms with van der Waals surface area (Å²) in [5, 5.41) is 4.75. The molecular formula is C22H31N9O3. The maximum absolute atomic E-state index is 13.1. The van der Waals surface area contributed by atoms with Crippen molar-refractivity contribution in [1.82, 2.24) is 29.7 Å². The number of amidine groups is 1. The van der Waals surface area contributed by atoms with Crippen molar-refractivity contribution in [3.63, 3.8) is 0 Å². The first-order valence-corrected chi connectivity index (χ1v) is 11.6. The number of fused-ring (bicyclic) bond motifs is 3. The quantitative estimate of drug-likeness (QED) is 0.566. The van der Waals surface area contributed by atoms with Crippen LogP contribution >= 0.6 is 0 Å². The number of amides is 2. The van der Waals surface area contributed by atoms with Gasteiger partial charge in [0.2, 0.25) is 6.29 Å². The van der Waals surface area contributed by atoms with Gasteiger partial charge in [0, 0.05) is 52.2 Å². The number of urea groups is 1. The number of hydrogen-bond donors (Lipinski definition) is 1. The second-order valence-corrected chi connectivity index (χ2v) is 9.21. The number of piperazine rings is 1. The van der Waals surface area contributed by atoms with Crippen LogP contribution in [0.3, 0.4) is 0 Å². The molecule has 0 aliphatic carbocycles. The Labute approximate surface area is 198 Å². The van der Waals surface area contributed by atoms with E-state index in [9.17, 15) is 9.59 Å². The van der Waals surface area contributed by atoms with Crippen molar-refractivity contribution in [2.75, 3.05) is 52.9 Å². The highest BCUT2D eigenvalue weighted by Crippen LogP contribution is 2.38. The van der Waals surface area contributed by atoms with Gasteiger partial charge in [0.05, 0.1) is 12.8 Å². The van der Waals surface area contributed by atoms with Gasteiger partial charge in [-0.15, -0.1) is 0 Å². The lowest BCUT2D eigenvalue weighted by molar-refractivity contribution is -0.123. The lowest BCUT2D eigenvalue weighted by Gasteiger charge is -2.35. The van der Waals surface area contributed by atoms with E-state index < -0.39 is 6.29 Å². The number of furan rings is 1. The van der Waals surface area contributed by atoms with Crippen LogP contribution in [-0.4, -0.2) is 113 Å². The summed E-state index contributed by atoms with van der Waals surface area (Å²) in [5.41, 5.74) is 1.23. The van der Waals surface area contributed by atoms with Gasteiger partial charge < -0.3 is 4.42 Å². The predicted octanol–water partition coefficient (Wildman–Crippen LogP) is 0.289. The molecule has 2 N–H and O–H groups in total. The summed E-state index contributed by atoms with van der Waals surface area (Å²) >= 11 is 0. The zero-order valence-electron chi connectivity index (χ0n) is 19.8. The molecule has 12 heteroatoms. The monoisotopic (exact) mass is 469 g/mol. The molecule has 182 valence electrons. The third-order valence-electron chi connectivity index (χ3n) is 6.70. The fourth-order valence-electron chi connectivity index (χ4n) is 4.59. The second kappa shape index (κ2) is 8.85. The van der Waals surface area contributed by atoms with Crippen molar-refractivity contribution >= 4 is 29.7 Å². The number of ketones is 1. The Hall–Kier alpha value is -3.22. The summed E-state index contributed by atoms with van der Waals surface area (Å²) in [6.45, 7) is 9.09. The van der Waals surface area contributed by atoms with Crippen LogP contribution in [0.5, 0.6) is 0 Å². The number of hydrogen-bond acceptors (Lipinski definition) is 10. The molecule has 5 rings (SSSR count). The Kier molecular flexibility index (Phi) is 5.88. The maximum Gasteiger partial charge on any atom is 0.341 e. The van der Waals surface area contributed by atoms with E-state index in [1.165, 1.54) is 11.3 Å². The van der Waals surface area contributed by atoms with Gasteiger partial charge in [-0.05, 0) is 12.1 Å². The Morgan fingerprint density at radius 2 is 1.94 bits per heavy atom. The van der Waals surface area contributed by atoms with Crippen LogP contribution in [0.15, 0.2) is 38.5 Å². The van der Waals surface area contributed by atoms with E-state index in [-0.39, 0.29) is 17.7 Å². The Morgan fingerprint density at radius 3 is 2.62 bits per heavy atom. The van der Waals surface area contributed by atoms with Crippen LogP contribution in [0.25, 0.3) is 5.70 Å². The highest BCUT2D eigenvalue weighted by Gasteiger charge is 2.51. The summed E-state index contributed by atoms with van der Waals surface area (Å²) in [6, 6.07) is 3.49. The summed E-state index contributed by atoms with van der Waals surface area (Å²) < 4.78 is 5.56. The molecule has 4 aliphatic heterocycles. The fraction of sp³-hybridized carbons (Fsp3) is 0.545. The standard InChI is InChI=1S/C22H31N9O3/c1-15(2)16(32)13-28-8-6-27(7-9-28)10-11-29-21-25-20-19(31(21)26(3)22(29)33)18(24-14-30(20)23)17-5-4-12-34-17/h4-5,12,14-15,21H,6-11,13,23H2,1-3H3. The number of rotatable bonds is 7. The van der Waals surface area contributed by atoms with Gasteiger partial charge in [-0.2, -0.15) is 0 Å². The van der Waals surface area contributed by atoms with Crippen LogP contribution < -0.4 is 5.84 Å². The van der Waals surface area contributed by atoms with E-state index in [2.05, 4.69) is 14.8 Å². The van der Waals surface area contributed by atoms with E-state index in [0.29, 0.717) is 36.1 Å². The SMILES string of the molecule is CC(C)C(=O)CN1CCN(CCN2C(=O)N(C)N3C4=C(c5ccco5)N=CN(N)C4=NC23)CC1. The number of carbonyl (C=O) groups is 2. The Balaban J connectivity index is 1.27. The molecule has 1 unspecified atom stereocenters. The molecule has 0 saturated carbocycles. The minimum Gasteiger partial charge on any atom is -0.463 e. The molecule has 5 heterocycles. The molecule has 0 radical (unpaired) electrons. The first kappa shape index (κ1) is 22.6. The number of aliphatic imine (C=N–C) groups is 2. The molecule has 4 aliphatic rings. The third kappa shape index (κ3) is 3.87. The number of nitrogens with zero attached hydrogens (tertiary/aromatic N) is 8. The number of nitrogens with two attached hydrogens (primary N) is 1. The average Bonchev–Trinajstić information content (AvgIpc) is 3.53. The van der Waals surface area contributed by atoms with Crippen LogP contribution in [-0.2, 0) is 4.79 Å². The fourth-order valence-corrected chi connectivity index (χ4v) is 4.59. The molecule has 0 spiro atoms. The highest BCUT2D eigenvalue weighted by molar-refractivity contribution is 6.12. The Morgan fingerprint density at radius 1 is 1.21 bits per heavy atom. The Bertz CT molecular complexity index is 1040. The van der Waals surface area contributed by atoms with Gasteiger partial charge in [0.1, 0.15) is 23.5 Å². The molecule has 0 bridgehead atoms. The second-order valence-electron chi connectivity index (χ2n) is 9.21. The number of Topliss-reactive ketones (excluding diaryl/α,β-unsaturated/α-hetero) is 1. The number of hydrazine groups is 2. The van der Waals surface area contributed by atoms with Crippen molar-refractivity contribution in [1.29, 1.82) is 0 Å². The zero-order valence-corrected chi connectivity index (χ0v) is 19.8. The smallest absolute Gasteiger partial charge is 0.341 e. The van der Waals surface area contributed by atoms with Crippen molar-refractivity contribution in [2.45, 2.75) is 20.1 Å². The summed E-state index contributed by atoms with van der Waals surface area (Å²) in [5.74, 6) is 7.59. The zero-order chi connectivity index (χ0) is 24.0. The van der Waals surface area contributed by atoms with Crippen molar-refractivity contribution in [2.24, 2.45) is 21.7 Å². The highest BCUT2D eigenvalue weighted by atomic mass is 16.3.